The van der Waals surface area contributed by atoms with Crippen LogP contribution in [0.5, 0.6) is 0 Å². The smallest absolute Gasteiger partial charge is 0.340 e. The molecule has 0 saturated heterocycles. The molecule has 3 atom stereocenters. The van der Waals surface area contributed by atoms with Crippen molar-refractivity contribution >= 4 is 27.6 Å². The molecule has 1 saturated carbocycles. The van der Waals surface area contributed by atoms with Gasteiger partial charge in [-0.25, -0.2) is 13.2 Å². The Morgan fingerprint density at radius 1 is 1.19 bits per heavy atom. The van der Waals surface area contributed by atoms with Crippen molar-refractivity contribution in [3.63, 3.8) is 0 Å². The van der Waals surface area contributed by atoms with Crippen molar-refractivity contribution < 1.29 is 22.7 Å². The normalized spacial score (nSPS) is 23.1. The van der Waals surface area contributed by atoms with Gasteiger partial charge in [0.25, 0.3) is 5.91 Å². The fourth-order valence-corrected chi connectivity index (χ4v) is 3.77. The second-order valence-corrected chi connectivity index (χ2v) is 8.69. The minimum Gasteiger partial charge on any atom is -0.452 e. The molecule has 144 valence electrons. The number of carbonyl (C=O) groups is 2. The summed E-state index contributed by atoms with van der Waals surface area (Å²) in [5, 5.41) is 2.93. The van der Waals surface area contributed by atoms with Gasteiger partial charge in [0, 0.05) is 6.04 Å². The third-order valence-electron chi connectivity index (χ3n) is 4.83. The first-order valence-corrected chi connectivity index (χ1v) is 10.6. The van der Waals surface area contributed by atoms with Crippen molar-refractivity contribution in [2.75, 3.05) is 17.6 Å². The Morgan fingerprint density at radius 2 is 1.88 bits per heavy atom. The number of hydrogen-bond acceptors (Lipinski definition) is 5. The number of rotatable bonds is 6. The molecule has 1 aromatic rings. The average molecular weight is 382 g/mol. The van der Waals surface area contributed by atoms with Gasteiger partial charge in [-0.05, 0) is 30.4 Å². The van der Waals surface area contributed by atoms with Gasteiger partial charge in [-0.3, -0.25) is 9.52 Å². The molecule has 2 N–H and O–H groups in total. The minimum atomic E-state index is -3.53. The monoisotopic (exact) mass is 382 g/mol. The first-order valence-electron chi connectivity index (χ1n) is 8.70. The molecule has 0 bridgehead atoms. The highest BCUT2D eigenvalue weighted by atomic mass is 32.2. The van der Waals surface area contributed by atoms with E-state index in [1.54, 1.807) is 12.1 Å². The number of para-hydroxylation sites is 1. The van der Waals surface area contributed by atoms with E-state index in [4.69, 9.17) is 4.74 Å². The van der Waals surface area contributed by atoms with E-state index in [1.807, 2.05) is 0 Å². The van der Waals surface area contributed by atoms with Gasteiger partial charge in [0.15, 0.2) is 6.61 Å². The van der Waals surface area contributed by atoms with Crippen LogP contribution in [0, 0.1) is 11.8 Å². The Balaban J connectivity index is 1.93. The Morgan fingerprint density at radius 3 is 2.58 bits per heavy atom. The molecule has 0 radical (unpaired) electrons. The molecule has 1 aliphatic rings. The van der Waals surface area contributed by atoms with Gasteiger partial charge in [-0.15, -0.1) is 0 Å². The van der Waals surface area contributed by atoms with Gasteiger partial charge in [0.05, 0.1) is 17.5 Å². The lowest BCUT2D eigenvalue weighted by Crippen LogP contribution is -2.45. The van der Waals surface area contributed by atoms with Crippen LogP contribution >= 0.6 is 0 Å². The number of esters is 1. The lowest BCUT2D eigenvalue weighted by molar-refractivity contribution is -0.125. The maximum Gasteiger partial charge on any atom is 0.340 e. The van der Waals surface area contributed by atoms with Crippen LogP contribution in [0.1, 0.15) is 43.5 Å². The highest BCUT2D eigenvalue weighted by Crippen LogP contribution is 2.29. The van der Waals surface area contributed by atoms with Crippen molar-refractivity contribution in [1.29, 1.82) is 0 Å². The molecule has 26 heavy (non-hydrogen) atoms. The van der Waals surface area contributed by atoms with Gasteiger partial charge >= 0.3 is 5.97 Å². The van der Waals surface area contributed by atoms with Crippen molar-refractivity contribution in [1.82, 2.24) is 5.32 Å². The Labute approximate surface area is 154 Å². The number of nitrogens with one attached hydrogen (secondary N) is 2. The number of sulfonamides is 1. The number of amides is 1. The lowest BCUT2D eigenvalue weighted by Gasteiger charge is -2.34. The van der Waals surface area contributed by atoms with E-state index in [0.29, 0.717) is 11.8 Å². The first-order chi connectivity index (χ1) is 12.2. The maximum atomic E-state index is 12.2. The molecule has 0 spiro atoms. The largest absolute Gasteiger partial charge is 0.452 e. The van der Waals surface area contributed by atoms with E-state index in [1.165, 1.54) is 12.1 Å². The number of benzene rings is 1. The third-order valence-corrected chi connectivity index (χ3v) is 5.42. The fourth-order valence-electron chi connectivity index (χ4n) is 3.19. The summed E-state index contributed by atoms with van der Waals surface area (Å²) < 4.78 is 30.1. The Hall–Kier alpha value is -2.09. The van der Waals surface area contributed by atoms with Gasteiger partial charge < -0.3 is 10.1 Å². The average Bonchev–Trinajstić information content (AvgIpc) is 2.56. The summed E-state index contributed by atoms with van der Waals surface area (Å²) in [6.07, 6.45) is 4.15. The zero-order chi connectivity index (χ0) is 19.3. The van der Waals surface area contributed by atoms with Crippen molar-refractivity contribution in [2.45, 2.75) is 39.2 Å². The second-order valence-electron chi connectivity index (χ2n) is 6.94. The number of carbonyl (C=O) groups excluding carboxylic acids is 2. The van der Waals surface area contributed by atoms with Crippen LogP contribution in [0.15, 0.2) is 24.3 Å². The van der Waals surface area contributed by atoms with Crippen LogP contribution in [0.3, 0.4) is 0 Å². The summed E-state index contributed by atoms with van der Waals surface area (Å²) in [4.78, 5) is 24.3. The van der Waals surface area contributed by atoms with Crippen LogP contribution in [-0.2, 0) is 19.6 Å². The second kappa shape index (κ2) is 8.53. The van der Waals surface area contributed by atoms with Gasteiger partial charge in [0.1, 0.15) is 0 Å². The predicted molar refractivity (Wildman–Crippen MR) is 99.3 cm³/mol. The third kappa shape index (κ3) is 5.72. The summed E-state index contributed by atoms with van der Waals surface area (Å²) in [5.74, 6) is -0.177. The highest BCUT2D eigenvalue weighted by molar-refractivity contribution is 7.92. The number of ether oxygens (including phenoxy) is 1. The number of anilines is 1. The van der Waals surface area contributed by atoms with Crippen molar-refractivity contribution in [2.24, 2.45) is 11.8 Å². The van der Waals surface area contributed by atoms with Crippen LogP contribution < -0.4 is 10.0 Å². The summed E-state index contributed by atoms with van der Waals surface area (Å²) in [7, 11) is -3.53. The molecule has 7 nitrogen and oxygen atoms in total. The quantitative estimate of drug-likeness (QED) is 0.734. The van der Waals surface area contributed by atoms with Crippen LogP contribution in [-0.4, -0.2) is 39.2 Å². The van der Waals surface area contributed by atoms with Crippen LogP contribution in [0.25, 0.3) is 0 Å². The summed E-state index contributed by atoms with van der Waals surface area (Å²) in [6, 6.07) is 6.18. The minimum absolute atomic E-state index is 0.0605. The standard InChI is InChI=1S/C18H26N2O5S/c1-12-7-6-10-15(13(12)2)19-17(21)11-25-18(22)14-8-4-5-9-16(14)20-26(3,23)24/h4-5,8-9,12-13,15,20H,6-7,10-11H2,1-3H3,(H,19,21)/t12-,13-,15+/m1/s1. The summed E-state index contributed by atoms with van der Waals surface area (Å²) in [5.41, 5.74) is 0.181. The molecule has 8 heteroatoms. The molecule has 2 rings (SSSR count). The molecular formula is C18H26N2O5S. The van der Waals surface area contributed by atoms with Crippen molar-refractivity contribution in [3.05, 3.63) is 29.8 Å². The Bertz CT molecular complexity index is 763. The molecule has 0 aliphatic heterocycles. The summed E-state index contributed by atoms with van der Waals surface area (Å²) in [6.45, 7) is 3.90. The topological polar surface area (TPSA) is 102 Å². The zero-order valence-corrected chi connectivity index (χ0v) is 16.1. The maximum absolute atomic E-state index is 12.2. The molecule has 1 amide bonds. The molecular weight excluding hydrogens is 356 g/mol. The molecule has 0 heterocycles. The van der Waals surface area contributed by atoms with E-state index >= 15 is 0 Å². The SMILES string of the molecule is C[C@@H]1[C@H](C)CCC[C@@H]1NC(=O)COC(=O)c1ccccc1NS(C)(=O)=O. The van der Waals surface area contributed by atoms with E-state index in [-0.39, 0.29) is 23.2 Å². The van der Waals surface area contributed by atoms with E-state index in [9.17, 15) is 18.0 Å². The van der Waals surface area contributed by atoms with Crippen LogP contribution in [0.2, 0.25) is 0 Å². The van der Waals surface area contributed by atoms with Crippen LogP contribution in [0.4, 0.5) is 5.69 Å². The molecule has 1 aromatic carbocycles. The first kappa shape index (κ1) is 20.2. The van der Waals surface area contributed by atoms with E-state index < -0.39 is 22.6 Å². The van der Waals surface area contributed by atoms with Crippen molar-refractivity contribution in [3.8, 4) is 0 Å². The fraction of sp³-hybridized carbons (Fsp3) is 0.556. The summed E-state index contributed by atoms with van der Waals surface area (Å²) >= 11 is 0. The molecule has 1 aliphatic carbocycles. The lowest BCUT2D eigenvalue weighted by atomic mass is 9.78. The van der Waals surface area contributed by atoms with E-state index in [2.05, 4.69) is 23.9 Å². The molecule has 0 unspecified atom stereocenters. The predicted octanol–water partition coefficient (Wildman–Crippen LogP) is 2.16. The van der Waals surface area contributed by atoms with Gasteiger partial charge in [-0.1, -0.05) is 38.8 Å². The number of hydrogen-bond donors (Lipinski definition) is 2. The zero-order valence-electron chi connectivity index (χ0n) is 15.3. The van der Waals surface area contributed by atoms with Gasteiger partial charge in [-0.2, -0.15) is 0 Å². The highest BCUT2D eigenvalue weighted by Gasteiger charge is 2.28. The molecule has 0 aromatic heterocycles. The molecule has 1 fully saturated rings. The van der Waals surface area contributed by atoms with E-state index in [0.717, 1.165) is 25.5 Å². The Kier molecular flexibility index (Phi) is 6.63. The van der Waals surface area contributed by atoms with Gasteiger partial charge in [0.2, 0.25) is 10.0 Å².